The number of aromatic nitrogens is 1. The molecule has 1 atom stereocenters. The van der Waals surface area contributed by atoms with E-state index in [9.17, 15) is 13.2 Å². The number of hydrogen-bond acceptors (Lipinski definition) is 4. The van der Waals surface area contributed by atoms with E-state index in [1.54, 1.807) is 11.9 Å². The van der Waals surface area contributed by atoms with Crippen LogP contribution in [0.4, 0.5) is 24.5 Å². The van der Waals surface area contributed by atoms with E-state index < -0.39 is 11.9 Å². The molecular formula is C14H21F3N4. The number of halogens is 3. The summed E-state index contributed by atoms with van der Waals surface area (Å²) in [4.78, 5) is 7.51. The Bertz CT molecular complexity index is 490. The van der Waals surface area contributed by atoms with Crippen molar-refractivity contribution in [2.24, 2.45) is 0 Å². The fourth-order valence-corrected chi connectivity index (χ4v) is 2.87. The van der Waals surface area contributed by atoms with Crippen molar-refractivity contribution < 1.29 is 13.2 Å². The van der Waals surface area contributed by atoms with E-state index in [1.165, 1.54) is 0 Å². The first kappa shape index (κ1) is 15.9. The fraction of sp³-hybridized carbons (Fsp3) is 0.643. The normalized spacial score (nSPS) is 20.0. The maximum atomic E-state index is 12.8. The molecule has 0 radical (unpaired) electrons. The van der Waals surface area contributed by atoms with Gasteiger partial charge in [0.15, 0.2) is 0 Å². The lowest BCUT2D eigenvalue weighted by Crippen LogP contribution is -2.39. The lowest BCUT2D eigenvalue weighted by molar-refractivity contribution is -0.141. The first-order chi connectivity index (χ1) is 9.82. The van der Waals surface area contributed by atoms with Crippen molar-refractivity contribution in [3.05, 3.63) is 18.0 Å². The van der Waals surface area contributed by atoms with E-state index in [1.807, 2.05) is 0 Å². The maximum Gasteiger partial charge on any atom is 0.433 e. The maximum absolute atomic E-state index is 12.8. The molecule has 2 N–H and O–H groups in total. The largest absolute Gasteiger partial charge is 0.433 e. The lowest BCUT2D eigenvalue weighted by atomic mass is 10.2. The molecule has 0 spiro atoms. The highest BCUT2D eigenvalue weighted by Crippen LogP contribution is 2.32. The highest BCUT2D eigenvalue weighted by atomic mass is 19.4. The smallest absolute Gasteiger partial charge is 0.396 e. The third-order valence-corrected chi connectivity index (χ3v) is 4.00. The number of nitrogens with two attached hydrogens (primary N) is 1. The van der Waals surface area contributed by atoms with Crippen LogP contribution in [-0.4, -0.2) is 42.6 Å². The summed E-state index contributed by atoms with van der Waals surface area (Å²) >= 11 is 0. The zero-order valence-electron chi connectivity index (χ0n) is 12.3. The predicted octanol–water partition coefficient (Wildman–Crippen LogP) is 2.60. The molecule has 2 rings (SSSR count). The van der Waals surface area contributed by atoms with E-state index in [-0.39, 0.29) is 5.69 Å². The van der Waals surface area contributed by atoms with Crippen LogP contribution in [0.25, 0.3) is 0 Å². The number of anilines is 2. The summed E-state index contributed by atoms with van der Waals surface area (Å²) in [7, 11) is 1.78. The first-order valence-electron chi connectivity index (χ1n) is 7.10. The van der Waals surface area contributed by atoms with Crippen LogP contribution < -0.4 is 10.6 Å². The van der Waals surface area contributed by atoms with Crippen LogP contribution in [0.5, 0.6) is 0 Å². The highest BCUT2D eigenvalue weighted by Gasteiger charge is 2.33. The zero-order chi connectivity index (χ0) is 15.6. The van der Waals surface area contributed by atoms with E-state index in [0.29, 0.717) is 18.3 Å². The van der Waals surface area contributed by atoms with Crippen LogP contribution in [0.1, 0.15) is 25.5 Å². The Labute approximate surface area is 122 Å². The van der Waals surface area contributed by atoms with Gasteiger partial charge in [0.05, 0.1) is 17.6 Å². The molecule has 7 heteroatoms. The molecule has 118 valence electrons. The first-order valence-corrected chi connectivity index (χ1v) is 7.10. The van der Waals surface area contributed by atoms with Gasteiger partial charge in [-0.05, 0) is 32.0 Å². The van der Waals surface area contributed by atoms with Crippen molar-refractivity contribution in [3.8, 4) is 0 Å². The monoisotopic (exact) mass is 302 g/mol. The fourth-order valence-electron chi connectivity index (χ4n) is 2.87. The highest BCUT2D eigenvalue weighted by molar-refractivity contribution is 5.66. The van der Waals surface area contributed by atoms with E-state index in [0.717, 1.165) is 38.2 Å². The molecule has 0 bridgehead atoms. The average Bonchev–Trinajstić information content (AvgIpc) is 2.84. The van der Waals surface area contributed by atoms with E-state index in [4.69, 9.17) is 5.73 Å². The van der Waals surface area contributed by atoms with Gasteiger partial charge < -0.3 is 10.6 Å². The Kier molecular flexibility index (Phi) is 4.61. The Morgan fingerprint density at radius 1 is 1.48 bits per heavy atom. The van der Waals surface area contributed by atoms with Crippen LogP contribution in [-0.2, 0) is 6.18 Å². The van der Waals surface area contributed by atoms with Gasteiger partial charge in [0.25, 0.3) is 0 Å². The number of likely N-dealkylation sites (N-methyl/N-ethyl adjacent to an activating group) is 2. The molecule has 21 heavy (non-hydrogen) atoms. The number of hydrogen-bond donors (Lipinski definition) is 1. The van der Waals surface area contributed by atoms with Gasteiger partial charge in [-0.1, -0.05) is 6.92 Å². The van der Waals surface area contributed by atoms with Crippen molar-refractivity contribution in [3.63, 3.8) is 0 Å². The van der Waals surface area contributed by atoms with Crippen molar-refractivity contribution in [1.29, 1.82) is 0 Å². The number of rotatable bonds is 4. The standard InChI is InChI=1S/C14H21F3N4/c1-3-21-6-4-5-10(21)9-20(2)12-7-13(14(15,16)17)19-8-11(12)18/h7-8,10H,3-6,9,18H2,1-2H3. The van der Waals surface area contributed by atoms with Gasteiger partial charge >= 0.3 is 6.18 Å². The topological polar surface area (TPSA) is 45.4 Å². The van der Waals surface area contributed by atoms with Gasteiger partial charge in [-0.3, -0.25) is 4.90 Å². The van der Waals surface area contributed by atoms with Gasteiger partial charge in [0, 0.05) is 19.6 Å². The predicted molar refractivity (Wildman–Crippen MR) is 77.2 cm³/mol. The lowest BCUT2D eigenvalue weighted by Gasteiger charge is -2.29. The van der Waals surface area contributed by atoms with Crippen LogP contribution in [0, 0.1) is 0 Å². The number of alkyl halides is 3. The summed E-state index contributed by atoms with van der Waals surface area (Å²) in [6.07, 6.45) is -1.17. The SMILES string of the molecule is CCN1CCCC1CN(C)c1cc(C(F)(F)F)ncc1N. The second kappa shape index (κ2) is 6.09. The van der Waals surface area contributed by atoms with E-state index in [2.05, 4.69) is 16.8 Å². The Morgan fingerprint density at radius 2 is 2.19 bits per heavy atom. The van der Waals surface area contributed by atoms with Crippen LogP contribution in [0.15, 0.2) is 12.3 Å². The molecule has 0 aromatic carbocycles. The van der Waals surface area contributed by atoms with Crippen LogP contribution in [0.3, 0.4) is 0 Å². The average molecular weight is 302 g/mol. The Balaban J connectivity index is 2.16. The van der Waals surface area contributed by atoms with Crippen molar-refractivity contribution >= 4 is 11.4 Å². The zero-order valence-corrected chi connectivity index (χ0v) is 12.3. The summed E-state index contributed by atoms with van der Waals surface area (Å²) in [6, 6.07) is 1.39. The molecule has 1 aromatic heterocycles. The molecule has 1 aliphatic heterocycles. The molecule has 4 nitrogen and oxygen atoms in total. The van der Waals surface area contributed by atoms with Gasteiger partial charge in [-0.15, -0.1) is 0 Å². The Morgan fingerprint density at radius 3 is 2.81 bits per heavy atom. The quantitative estimate of drug-likeness (QED) is 0.928. The van der Waals surface area contributed by atoms with Crippen molar-refractivity contribution in [1.82, 2.24) is 9.88 Å². The number of nitrogens with zero attached hydrogens (tertiary/aromatic N) is 3. The molecule has 0 aliphatic carbocycles. The number of nitrogen functional groups attached to an aromatic ring is 1. The number of likely N-dealkylation sites (tertiary alicyclic amines) is 1. The van der Waals surface area contributed by atoms with Gasteiger partial charge in [-0.25, -0.2) is 4.98 Å². The molecule has 1 saturated heterocycles. The molecule has 1 unspecified atom stereocenters. The summed E-state index contributed by atoms with van der Waals surface area (Å²) in [5.41, 5.74) is 5.54. The Hall–Kier alpha value is -1.50. The summed E-state index contributed by atoms with van der Waals surface area (Å²) in [6.45, 7) is 4.77. The van der Waals surface area contributed by atoms with Crippen molar-refractivity contribution in [2.75, 3.05) is 37.3 Å². The third kappa shape index (κ3) is 3.58. The summed E-state index contributed by atoms with van der Waals surface area (Å²) in [5, 5.41) is 0. The molecular weight excluding hydrogens is 281 g/mol. The summed E-state index contributed by atoms with van der Waals surface area (Å²) < 4.78 is 38.3. The molecule has 0 amide bonds. The van der Waals surface area contributed by atoms with Gasteiger partial charge in [-0.2, -0.15) is 13.2 Å². The number of pyridine rings is 1. The molecule has 0 saturated carbocycles. The van der Waals surface area contributed by atoms with Crippen LogP contribution >= 0.6 is 0 Å². The molecule has 1 aromatic rings. The van der Waals surface area contributed by atoms with E-state index >= 15 is 0 Å². The summed E-state index contributed by atoms with van der Waals surface area (Å²) in [5.74, 6) is 0. The second-order valence-corrected chi connectivity index (χ2v) is 5.43. The molecule has 1 aliphatic rings. The van der Waals surface area contributed by atoms with Gasteiger partial charge in [0.1, 0.15) is 5.69 Å². The minimum Gasteiger partial charge on any atom is -0.396 e. The van der Waals surface area contributed by atoms with Crippen molar-refractivity contribution in [2.45, 2.75) is 32.0 Å². The minimum absolute atomic E-state index is 0.270. The molecule has 1 fully saturated rings. The van der Waals surface area contributed by atoms with Crippen LogP contribution in [0.2, 0.25) is 0 Å². The minimum atomic E-state index is -4.45. The van der Waals surface area contributed by atoms with Gasteiger partial charge in [0.2, 0.25) is 0 Å². The second-order valence-electron chi connectivity index (χ2n) is 5.43. The molecule has 2 heterocycles. The third-order valence-electron chi connectivity index (χ3n) is 4.00.